The van der Waals surface area contributed by atoms with Crippen LogP contribution in [0, 0.1) is 5.41 Å². The van der Waals surface area contributed by atoms with E-state index in [9.17, 15) is 0 Å². The lowest BCUT2D eigenvalue weighted by Gasteiger charge is -2.22. The second kappa shape index (κ2) is 5.91. The summed E-state index contributed by atoms with van der Waals surface area (Å²) in [5.74, 6) is 0.163. The Morgan fingerprint density at radius 2 is 2.00 bits per heavy atom. The van der Waals surface area contributed by atoms with Crippen molar-refractivity contribution in [3.05, 3.63) is 28.2 Å². The van der Waals surface area contributed by atoms with Gasteiger partial charge >= 0.3 is 0 Å². The highest BCUT2D eigenvalue weighted by atomic mass is 79.9. The Morgan fingerprint density at radius 3 is 2.65 bits per heavy atom. The van der Waals surface area contributed by atoms with Gasteiger partial charge in [-0.25, -0.2) is 0 Å². The molecule has 1 aromatic rings. The van der Waals surface area contributed by atoms with E-state index in [1.54, 1.807) is 0 Å². The number of amidine groups is 1. The summed E-state index contributed by atoms with van der Waals surface area (Å²) in [5, 5.41) is 8.30. The lowest BCUT2D eigenvalue weighted by atomic mass is 10.0. The van der Waals surface area contributed by atoms with Gasteiger partial charge in [0.1, 0.15) is 5.84 Å². The molecule has 1 aliphatic carbocycles. The second-order valence-corrected chi connectivity index (χ2v) is 6.69. The molecule has 2 nitrogen and oxygen atoms in total. The predicted molar refractivity (Wildman–Crippen MR) is 77.9 cm³/mol. The summed E-state index contributed by atoms with van der Waals surface area (Å²) in [5.41, 5.74) is 6.49. The van der Waals surface area contributed by atoms with Crippen LogP contribution in [-0.2, 0) is 0 Å². The van der Waals surface area contributed by atoms with Gasteiger partial charge in [-0.1, -0.05) is 35.2 Å². The molecule has 0 aliphatic heterocycles. The predicted octanol–water partition coefficient (Wildman–Crippen LogP) is 4.16. The van der Waals surface area contributed by atoms with E-state index < -0.39 is 0 Å². The largest absolute Gasteiger partial charge is 0.384 e. The van der Waals surface area contributed by atoms with Gasteiger partial charge in [-0.2, -0.15) is 0 Å². The van der Waals surface area contributed by atoms with Crippen molar-refractivity contribution in [1.29, 1.82) is 5.41 Å². The van der Waals surface area contributed by atoms with Gasteiger partial charge in [-0.05, 0) is 31.0 Å². The maximum atomic E-state index is 7.61. The average molecular weight is 313 g/mol. The van der Waals surface area contributed by atoms with E-state index >= 15 is 0 Å². The van der Waals surface area contributed by atoms with Crippen molar-refractivity contribution in [3.8, 4) is 0 Å². The van der Waals surface area contributed by atoms with E-state index in [4.69, 9.17) is 11.1 Å². The molecular weight excluding hydrogens is 296 g/mol. The zero-order valence-electron chi connectivity index (χ0n) is 9.71. The fourth-order valence-electron chi connectivity index (χ4n) is 2.18. The molecule has 1 saturated carbocycles. The van der Waals surface area contributed by atoms with Crippen LogP contribution in [0.5, 0.6) is 0 Å². The van der Waals surface area contributed by atoms with Gasteiger partial charge in [-0.15, -0.1) is 11.8 Å². The van der Waals surface area contributed by atoms with E-state index in [1.807, 2.05) is 23.9 Å². The number of hydrogen-bond acceptors (Lipinski definition) is 2. The molecular formula is C13H17BrN2S. The Morgan fingerprint density at radius 1 is 1.29 bits per heavy atom. The van der Waals surface area contributed by atoms with Gasteiger partial charge < -0.3 is 5.73 Å². The summed E-state index contributed by atoms with van der Waals surface area (Å²) in [7, 11) is 0. The number of nitrogen functional groups attached to an aromatic ring is 1. The van der Waals surface area contributed by atoms with E-state index in [2.05, 4.69) is 22.0 Å². The zero-order chi connectivity index (χ0) is 12.3. The van der Waals surface area contributed by atoms with E-state index in [0.717, 1.165) is 14.9 Å². The third-order valence-corrected chi connectivity index (χ3v) is 4.97. The average Bonchev–Trinajstić information content (AvgIpc) is 2.30. The number of rotatable bonds is 3. The maximum absolute atomic E-state index is 7.61. The SMILES string of the molecule is N=C(N)c1ccc(Br)cc1SC1CCCCC1. The quantitative estimate of drug-likeness (QED) is 0.650. The molecule has 0 heterocycles. The molecule has 0 amide bonds. The van der Waals surface area contributed by atoms with Crippen LogP contribution < -0.4 is 5.73 Å². The highest BCUT2D eigenvalue weighted by Crippen LogP contribution is 2.36. The number of benzene rings is 1. The van der Waals surface area contributed by atoms with Crippen LogP contribution >= 0.6 is 27.7 Å². The van der Waals surface area contributed by atoms with E-state index in [-0.39, 0.29) is 5.84 Å². The van der Waals surface area contributed by atoms with Crippen LogP contribution in [0.25, 0.3) is 0 Å². The Balaban J connectivity index is 2.17. The first-order chi connectivity index (χ1) is 8.16. The third-order valence-electron chi connectivity index (χ3n) is 3.08. The minimum absolute atomic E-state index is 0.163. The molecule has 2 rings (SSSR count). The molecule has 0 atom stereocenters. The molecule has 0 radical (unpaired) electrons. The normalized spacial score (nSPS) is 17.0. The molecule has 4 heteroatoms. The Bertz CT molecular complexity index is 414. The fourth-order valence-corrected chi connectivity index (χ4v) is 4.12. The fraction of sp³-hybridized carbons (Fsp3) is 0.462. The molecule has 17 heavy (non-hydrogen) atoms. The lowest BCUT2D eigenvalue weighted by Crippen LogP contribution is -2.14. The van der Waals surface area contributed by atoms with Crippen molar-refractivity contribution < 1.29 is 0 Å². The summed E-state index contributed by atoms with van der Waals surface area (Å²) in [6.07, 6.45) is 6.61. The Hall–Kier alpha value is -0.480. The molecule has 1 aliphatic rings. The first-order valence-corrected chi connectivity index (χ1v) is 7.64. The molecule has 1 fully saturated rings. The van der Waals surface area contributed by atoms with Crippen molar-refractivity contribution in [3.63, 3.8) is 0 Å². The zero-order valence-corrected chi connectivity index (χ0v) is 12.1. The van der Waals surface area contributed by atoms with Crippen molar-refractivity contribution in [1.82, 2.24) is 0 Å². The number of hydrogen-bond donors (Lipinski definition) is 2. The van der Waals surface area contributed by atoms with Gasteiger partial charge in [0.05, 0.1) is 0 Å². The third kappa shape index (κ3) is 3.49. The van der Waals surface area contributed by atoms with Crippen molar-refractivity contribution in [2.24, 2.45) is 5.73 Å². The molecule has 0 saturated heterocycles. The molecule has 0 spiro atoms. The highest BCUT2D eigenvalue weighted by molar-refractivity contribution is 9.10. The lowest BCUT2D eigenvalue weighted by molar-refractivity contribution is 0.516. The molecule has 0 bridgehead atoms. The first kappa shape index (κ1) is 13.0. The minimum atomic E-state index is 0.163. The highest BCUT2D eigenvalue weighted by Gasteiger charge is 2.17. The standard InChI is InChI=1S/C13H17BrN2S/c14-9-6-7-11(13(15)16)12(8-9)17-10-4-2-1-3-5-10/h6-8,10H,1-5H2,(H3,15,16). The van der Waals surface area contributed by atoms with Crippen LogP contribution in [0.4, 0.5) is 0 Å². The Labute approximate surface area is 115 Å². The summed E-state index contributed by atoms with van der Waals surface area (Å²) in [6, 6.07) is 5.95. The number of nitrogens with two attached hydrogens (primary N) is 1. The van der Waals surface area contributed by atoms with E-state index in [0.29, 0.717) is 5.25 Å². The number of halogens is 1. The number of nitrogens with one attached hydrogen (secondary N) is 1. The molecule has 1 aromatic carbocycles. The van der Waals surface area contributed by atoms with Gasteiger partial charge in [-0.3, -0.25) is 5.41 Å². The summed E-state index contributed by atoms with van der Waals surface area (Å²) < 4.78 is 1.06. The van der Waals surface area contributed by atoms with Crippen molar-refractivity contribution in [2.45, 2.75) is 42.2 Å². The summed E-state index contributed by atoms with van der Waals surface area (Å²) in [4.78, 5) is 1.14. The Kier molecular flexibility index (Phi) is 4.51. The number of thioether (sulfide) groups is 1. The van der Waals surface area contributed by atoms with Gasteiger partial charge in [0, 0.05) is 20.2 Å². The first-order valence-electron chi connectivity index (χ1n) is 5.97. The van der Waals surface area contributed by atoms with Gasteiger partial charge in [0.2, 0.25) is 0 Å². The molecule has 0 aromatic heterocycles. The topological polar surface area (TPSA) is 49.9 Å². The maximum Gasteiger partial charge on any atom is 0.123 e. The van der Waals surface area contributed by atoms with Crippen LogP contribution in [0.3, 0.4) is 0 Å². The van der Waals surface area contributed by atoms with Crippen molar-refractivity contribution in [2.75, 3.05) is 0 Å². The minimum Gasteiger partial charge on any atom is -0.384 e. The summed E-state index contributed by atoms with van der Waals surface area (Å²) >= 11 is 5.37. The van der Waals surface area contributed by atoms with Crippen molar-refractivity contribution >= 4 is 33.5 Å². The smallest absolute Gasteiger partial charge is 0.123 e. The van der Waals surface area contributed by atoms with Crippen LogP contribution in [-0.4, -0.2) is 11.1 Å². The molecule has 3 N–H and O–H groups in total. The van der Waals surface area contributed by atoms with E-state index in [1.165, 1.54) is 32.1 Å². The van der Waals surface area contributed by atoms with Gasteiger partial charge in [0.15, 0.2) is 0 Å². The van der Waals surface area contributed by atoms with Crippen LogP contribution in [0.2, 0.25) is 0 Å². The van der Waals surface area contributed by atoms with Crippen LogP contribution in [0.15, 0.2) is 27.6 Å². The molecule has 92 valence electrons. The summed E-state index contributed by atoms with van der Waals surface area (Å²) in [6.45, 7) is 0. The monoisotopic (exact) mass is 312 g/mol. The van der Waals surface area contributed by atoms with Crippen LogP contribution in [0.1, 0.15) is 37.7 Å². The second-order valence-electron chi connectivity index (χ2n) is 4.43. The van der Waals surface area contributed by atoms with Gasteiger partial charge in [0.25, 0.3) is 0 Å². The molecule has 0 unspecified atom stereocenters.